The molecule has 6 amide bonds. The average Bonchev–Trinajstić information content (AvgIpc) is 3.31. The first-order valence-electron chi connectivity index (χ1n) is 23.6. The SMILES string of the molecule is CC(C)(C)OC(=O)N[C@@H](Cc1ccc(OC(C)(C)C)cc1)C(=O)N[C@H](CCCCNC(=O)OCc1ccccc1)C(=O)N[C@@H](Cc1ccccc1)C(=O)N[C@@H](CCNC(=O)OCc1ccccc1)C(=O)O. The third-order valence-corrected chi connectivity index (χ3v) is 10.3. The molecule has 0 aromatic heterocycles. The predicted molar refractivity (Wildman–Crippen MR) is 265 cm³/mol. The van der Waals surface area contributed by atoms with Crippen molar-refractivity contribution in [2.45, 2.75) is 129 Å². The number of unbranched alkanes of at least 4 members (excludes halogenated alkanes) is 1. The molecule has 4 rings (SSSR count). The third-order valence-electron chi connectivity index (χ3n) is 10.3. The summed E-state index contributed by atoms with van der Waals surface area (Å²) in [6, 6.07) is 28.5. The van der Waals surface area contributed by atoms with Crippen molar-refractivity contribution >= 4 is 42.0 Å². The van der Waals surface area contributed by atoms with Gasteiger partial charge < -0.3 is 56.0 Å². The van der Waals surface area contributed by atoms with Crippen LogP contribution in [0.15, 0.2) is 115 Å². The summed E-state index contributed by atoms with van der Waals surface area (Å²) in [5.74, 6) is -3.15. The monoisotopic (exact) mass is 980 g/mol. The second-order valence-corrected chi connectivity index (χ2v) is 18.7. The standard InChI is InChI=1S/C53H68N6O12/c1-52(2,3)70-40-27-25-37(26-28-40)33-44(59-51(67)71-53(4,5)6)47(62)56-41(24-16-17-30-54-49(65)68-34-38-20-12-8-13-21-38)45(60)58-43(32-36-18-10-7-11-19-36)46(61)57-42(48(63)64)29-31-55-50(66)69-35-39-22-14-9-15-23-39/h7-15,18-23,25-28,41-44H,16-17,24,29-35H2,1-6H3,(H,54,65)(H,55,66)(H,56,62)(H,57,61)(H,58,60)(H,59,67)(H,63,64)/t41-,42+,43+,44+/m1/s1. The fourth-order valence-electron chi connectivity index (χ4n) is 6.87. The highest BCUT2D eigenvalue weighted by atomic mass is 16.6. The van der Waals surface area contributed by atoms with Crippen molar-refractivity contribution in [2.75, 3.05) is 13.1 Å². The number of hydrogen-bond acceptors (Lipinski definition) is 11. The molecule has 382 valence electrons. The Morgan fingerprint density at radius 3 is 1.39 bits per heavy atom. The summed E-state index contributed by atoms with van der Waals surface area (Å²) in [6.45, 7) is 10.8. The molecule has 4 atom stereocenters. The molecule has 4 aromatic rings. The van der Waals surface area contributed by atoms with Crippen molar-refractivity contribution in [1.29, 1.82) is 0 Å². The number of hydrogen-bond donors (Lipinski definition) is 7. The minimum absolute atomic E-state index is 0.00280. The molecule has 0 aliphatic carbocycles. The first-order valence-corrected chi connectivity index (χ1v) is 23.6. The Kier molecular flexibility index (Phi) is 22.2. The van der Waals surface area contributed by atoms with Crippen molar-refractivity contribution in [1.82, 2.24) is 31.9 Å². The molecule has 0 radical (unpaired) electrons. The highest BCUT2D eigenvalue weighted by Crippen LogP contribution is 2.20. The van der Waals surface area contributed by atoms with Gasteiger partial charge >= 0.3 is 24.2 Å². The van der Waals surface area contributed by atoms with Crippen molar-refractivity contribution in [3.63, 3.8) is 0 Å². The number of benzene rings is 4. The normalized spacial score (nSPS) is 12.9. The quantitative estimate of drug-likeness (QED) is 0.0278. The van der Waals surface area contributed by atoms with Crippen LogP contribution in [-0.2, 0) is 59.4 Å². The Morgan fingerprint density at radius 2 is 0.901 bits per heavy atom. The number of rotatable bonds is 25. The Bertz CT molecular complexity index is 2320. The van der Waals surface area contributed by atoms with Crippen LogP contribution >= 0.6 is 0 Å². The maximum atomic E-state index is 14.4. The lowest BCUT2D eigenvalue weighted by molar-refractivity contribution is -0.142. The molecule has 0 heterocycles. The van der Waals surface area contributed by atoms with Gasteiger partial charge in [0.05, 0.1) is 0 Å². The zero-order valence-corrected chi connectivity index (χ0v) is 41.3. The molecule has 4 aromatic carbocycles. The molecule has 71 heavy (non-hydrogen) atoms. The number of ether oxygens (including phenoxy) is 4. The van der Waals surface area contributed by atoms with Crippen LogP contribution in [0.5, 0.6) is 5.75 Å². The van der Waals surface area contributed by atoms with E-state index in [9.17, 15) is 38.7 Å². The number of carboxylic acid groups (broad SMARTS) is 1. The minimum Gasteiger partial charge on any atom is -0.488 e. The number of carbonyl (C=O) groups excluding carboxylic acids is 6. The van der Waals surface area contributed by atoms with E-state index in [4.69, 9.17) is 18.9 Å². The summed E-state index contributed by atoms with van der Waals surface area (Å²) in [5.41, 5.74) is 1.49. The lowest BCUT2D eigenvalue weighted by Crippen LogP contribution is -2.58. The number of aliphatic carboxylic acids is 1. The van der Waals surface area contributed by atoms with Crippen molar-refractivity contribution in [3.05, 3.63) is 138 Å². The van der Waals surface area contributed by atoms with E-state index in [1.54, 1.807) is 99.6 Å². The van der Waals surface area contributed by atoms with Gasteiger partial charge in [0.25, 0.3) is 0 Å². The molecule has 0 bridgehead atoms. The maximum absolute atomic E-state index is 14.4. The molecule has 0 saturated carbocycles. The Balaban J connectivity index is 1.53. The predicted octanol–water partition coefficient (Wildman–Crippen LogP) is 6.49. The fraction of sp³-hybridized carbons (Fsp3) is 0.415. The van der Waals surface area contributed by atoms with Crippen LogP contribution in [0.1, 0.15) is 89.5 Å². The van der Waals surface area contributed by atoms with Gasteiger partial charge in [-0.3, -0.25) is 14.4 Å². The summed E-state index contributed by atoms with van der Waals surface area (Å²) >= 11 is 0. The van der Waals surface area contributed by atoms with Crippen LogP contribution in [0.2, 0.25) is 0 Å². The molecule has 0 saturated heterocycles. The number of amides is 6. The Hall–Kier alpha value is -7.63. The lowest BCUT2D eigenvalue weighted by Gasteiger charge is -2.27. The van der Waals surface area contributed by atoms with E-state index in [-0.39, 0.29) is 58.4 Å². The molecule has 0 aliphatic rings. The van der Waals surface area contributed by atoms with Crippen LogP contribution in [-0.4, -0.2) is 95.5 Å². The summed E-state index contributed by atoms with van der Waals surface area (Å²) < 4.78 is 22.0. The van der Waals surface area contributed by atoms with E-state index < -0.39 is 77.3 Å². The van der Waals surface area contributed by atoms with Crippen LogP contribution in [0.25, 0.3) is 0 Å². The van der Waals surface area contributed by atoms with Crippen LogP contribution in [0, 0.1) is 0 Å². The highest BCUT2D eigenvalue weighted by Gasteiger charge is 2.32. The molecular formula is C53H68N6O12. The number of nitrogens with one attached hydrogen (secondary N) is 6. The van der Waals surface area contributed by atoms with Gasteiger partial charge in [-0.05, 0) is 102 Å². The van der Waals surface area contributed by atoms with Gasteiger partial charge in [-0.25, -0.2) is 19.2 Å². The summed E-state index contributed by atoms with van der Waals surface area (Å²) in [7, 11) is 0. The third kappa shape index (κ3) is 22.6. The number of alkyl carbamates (subject to hydrolysis) is 3. The Labute approximate surface area is 415 Å². The van der Waals surface area contributed by atoms with Crippen LogP contribution in [0.3, 0.4) is 0 Å². The molecule has 7 N–H and O–H groups in total. The molecule has 18 heteroatoms. The highest BCUT2D eigenvalue weighted by molar-refractivity contribution is 5.95. The molecule has 0 fully saturated rings. The lowest BCUT2D eigenvalue weighted by atomic mass is 10.0. The van der Waals surface area contributed by atoms with E-state index >= 15 is 0 Å². The van der Waals surface area contributed by atoms with Gasteiger partial charge in [0.1, 0.15) is 54.3 Å². The molecule has 0 aliphatic heterocycles. The van der Waals surface area contributed by atoms with Crippen molar-refractivity contribution < 1.29 is 57.6 Å². The van der Waals surface area contributed by atoms with Gasteiger partial charge in [0.15, 0.2) is 0 Å². The van der Waals surface area contributed by atoms with Crippen molar-refractivity contribution in [3.8, 4) is 5.75 Å². The van der Waals surface area contributed by atoms with E-state index in [0.717, 1.165) is 11.1 Å². The average molecular weight is 981 g/mol. The largest absolute Gasteiger partial charge is 0.488 e. The molecule has 0 unspecified atom stereocenters. The zero-order chi connectivity index (χ0) is 51.8. The second kappa shape index (κ2) is 28.1. The summed E-state index contributed by atoms with van der Waals surface area (Å²) in [4.78, 5) is 93.2. The smallest absolute Gasteiger partial charge is 0.408 e. The van der Waals surface area contributed by atoms with E-state index in [0.29, 0.717) is 23.3 Å². The zero-order valence-electron chi connectivity index (χ0n) is 41.3. The summed E-state index contributed by atoms with van der Waals surface area (Å²) in [6.07, 6.45) is -1.95. The van der Waals surface area contributed by atoms with Gasteiger partial charge in [0.2, 0.25) is 17.7 Å². The Morgan fingerprint density at radius 1 is 0.465 bits per heavy atom. The van der Waals surface area contributed by atoms with E-state index in [2.05, 4.69) is 31.9 Å². The fourth-order valence-corrected chi connectivity index (χ4v) is 6.87. The first kappa shape index (κ1) is 56.0. The number of carboxylic acids is 1. The topological polar surface area (TPSA) is 249 Å². The minimum atomic E-state index is -1.48. The molecular weight excluding hydrogens is 913 g/mol. The van der Waals surface area contributed by atoms with E-state index in [1.165, 1.54) is 0 Å². The van der Waals surface area contributed by atoms with Crippen LogP contribution in [0.4, 0.5) is 14.4 Å². The molecule has 18 nitrogen and oxygen atoms in total. The molecule has 0 spiro atoms. The van der Waals surface area contributed by atoms with Gasteiger partial charge in [0, 0.05) is 25.9 Å². The second-order valence-electron chi connectivity index (χ2n) is 18.7. The van der Waals surface area contributed by atoms with Gasteiger partial charge in [-0.1, -0.05) is 103 Å². The van der Waals surface area contributed by atoms with Crippen molar-refractivity contribution in [2.24, 2.45) is 0 Å². The maximum Gasteiger partial charge on any atom is 0.408 e. The van der Waals surface area contributed by atoms with Gasteiger partial charge in [-0.15, -0.1) is 0 Å². The summed E-state index contributed by atoms with van der Waals surface area (Å²) in [5, 5.41) is 25.9. The first-order chi connectivity index (χ1) is 33.7. The number of carbonyl (C=O) groups is 7. The van der Waals surface area contributed by atoms with E-state index in [1.807, 2.05) is 57.2 Å². The van der Waals surface area contributed by atoms with Gasteiger partial charge in [-0.2, -0.15) is 0 Å². The van der Waals surface area contributed by atoms with Crippen LogP contribution < -0.4 is 36.6 Å².